The quantitative estimate of drug-likeness (QED) is 0.688. The zero-order valence-electron chi connectivity index (χ0n) is 18.3. The summed E-state index contributed by atoms with van der Waals surface area (Å²) in [6.45, 7) is 7.96. The average molecular weight is 434 g/mol. The lowest BCUT2D eigenvalue weighted by Crippen LogP contribution is -2.38. The highest BCUT2D eigenvalue weighted by molar-refractivity contribution is 6.32. The number of allylic oxidation sites excluding steroid dienone is 3. The summed E-state index contributed by atoms with van der Waals surface area (Å²) in [5.74, 6) is -0.201. The van der Waals surface area contributed by atoms with E-state index in [1.807, 2.05) is 6.92 Å². The fourth-order valence-corrected chi connectivity index (χ4v) is 4.65. The van der Waals surface area contributed by atoms with Crippen molar-refractivity contribution in [1.29, 1.82) is 0 Å². The third-order valence-corrected chi connectivity index (χ3v) is 5.81. The van der Waals surface area contributed by atoms with E-state index >= 15 is 0 Å². The van der Waals surface area contributed by atoms with Crippen molar-refractivity contribution in [3.63, 3.8) is 0 Å². The van der Waals surface area contributed by atoms with Crippen LogP contribution in [0.4, 0.5) is 0 Å². The van der Waals surface area contributed by atoms with Crippen molar-refractivity contribution >= 4 is 23.4 Å². The van der Waals surface area contributed by atoms with Crippen LogP contribution >= 0.6 is 11.6 Å². The molecule has 1 heterocycles. The standard InChI is InChI=1S/C23H28ClNO5/c1-7-30-22(27)18-12(2)25-15-10-23(3,4)11-16(26)20(15)19(18)13-8-14(24)21(29-6)17(9-13)28-5/h8-9,19,25H,7,10-11H2,1-6H3. The van der Waals surface area contributed by atoms with E-state index < -0.39 is 11.9 Å². The normalized spacial score (nSPS) is 20.5. The minimum atomic E-state index is -0.596. The summed E-state index contributed by atoms with van der Waals surface area (Å²) in [5.41, 5.74) is 3.04. The maximum Gasteiger partial charge on any atom is 0.336 e. The number of Topliss-reactive ketones (excluding diaryl/α,β-unsaturated/α-hetero) is 1. The minimum absolute atomic E-state index is 0.0129. The molecule has 162 valence electrons. The number of esters is 1. The van der Waals surface area contributed by atoms with E-state index in [1.54, 1.807) is 19.1 Å². The molecule has 1 aromatic rings. The molecule has 0 aromatic heterocycles. The minimum Gasteiger partial charge on any atom is -0.493 e. The Labute approximate surface area is 182 Å². The Bertz CT molecular complexity index is 961. The Morgan fingerprint density at radius 3 is 2.53 bits per heavy atom. The molecule has 3 rings (SSSR count). The molecule has 0 saturated carbocycles. The van der Waals surface area contributed by atoms with Crippen molar-refractivity contribution in [2.45, 2.75) is 46.5 Å². The van der Waals surface area contributed by atoms with Crippen LogP contribution in [0, 0.1) is 5.41 Å². The van der Waals surface area contributed by atoms with Gasteiger partial charge in [0.2, 0.25) is 0 Å². The molecule has 1 aliphatic carbocycles. The van der Waals surface area contributed by atoms with Gasteiger partial charge in [-0.3, -0.25) is 4.79 Å². The number of ketones is 1. The topological polar surface area (TPSA) is 73.9 Å². The van der Waals surface area contributed by atoms with Gasteiger partial charge in [0.25, 0.3) is 0 Å². The summed E-state index contributed by atoms with van der Waals surface area (Å²) in [4.78, 5) is 26.2. The van der Waals surface area contributed by atoms with Crippen LogP contribution in [0.25, 0.3) is 0 Å². The molecule has 1 unspecified atom stereocenters. The molecule has 1 aromatic carbocycles. The fourth-order valence-electron chi connectivity index (χ4n) is 4.35. The summed E-state index contributed by atoms with van der Waals surface area (Å²) < 4.78 is 16.1. The van der Waals surface area contributed by atoms with Crippen molar-refractivity contribution in [3.8, 4) is 11.5 Å². The molecule has 2 aliphatic rings. The first-order valence-electron chi connectivity index (χ1n) is 9.96. The summed E-state index contributed by atoms with van der Waals surface area (Å²) in [5, 5.41) is 3.65. The van der Waals surface area contributed by atoms with Gasteiger partial charge < -0.3 is 19.5 Å². The first-order chi connectivity index (χ1) is 14.1. The van der Waals surface area contributed by atoms with Gasteiger partial charge in [-0.2, -0.15) is 0 Å². The number of ether oxygens (including phenoxy) is 3. The molecular weight excluding hydrogens is 406 g/mol. The van der Waals surface area contributed by atoms with E-state index in [1.165, 1.54) is 14.2 Å². The van der Waals surface area contributed by atoms with Crippen LogP contribution in [0.3, 0.4) is 0 Å². The molecule has 6 nitrogen and oxygen atoms in total. The third kappa shape index (κ3) is 3.93. The fraction of sp³-hybridized carbons (Fsp3) is 0.478. The van der Waals surface area contributed by atoms with Gasteiger partial charge in [0.1, 0.15) is 0 Å². The Morgan fingerprint density at radius 1 is 1.23 bits per heavy atom. The van der Waals surface area contributed by atoms with Gasteiger partial charge in [0, 0.05) is 29.3 Å². The van der Waals surface area contributed by atoms with Gasteiger partial charge >= 0.3 is 5.97 Å². The number of halogens is 1. The number of carbonyl (C=O) groups excluding carboxylic acids is 2. The lowest BCUT2D eigenvalue weighted by Gasteiger charge is -2.39. The Hall–Kier alpha value is -2.47. The maximum absolute atomic E-state index is 13.3. The molecular formula is C23H28ClNO5. The number of hydrogen-bond donors (Lipinski definition) is 1. The largest absolute Gasteiger partial charge is 0.493 e. The summed E-state index contributed by atoms with van der Waals surface area (Å²) in [6, 6.07) is 3.49. The zero-order chi connectivity index (χ0) is 22.2. The smallest absolute Gasteiger partial charge is 0.336 e. The van der Waals surface area contributed by atoms with Crippen LogP contribution in [-0.4, -0.2) is 32.6 Å². The molecule has 1 aliphatic heterocycles. The molecule has 0 spiro atoms. The van der Waals surface area contributed by atoms with E-state index in [0.29, 0.717) is 51.8 Å². The molecule has 30 heavy (non-hydrogen) atoms. The first-order valence-corrected chi connectivity index (χ1v) is 10.3. The highest BCUT2D eigenvalue weighted by Gasteiger charge is 2.43. The molecule has 0 radical (unpaired) electrons. The van der Waals surface area contributed by atoms with Crippen LogP contribution in [0.5, 0.6) is 11.5 Å². The molecule has 0 amide bonds. The molecule has 0 saturated heterocycles. The number of hydrogen-bond acceptors (Lipinski definition) is 6. The van der Waals surface area contributed by atoms with Gasteiger partial charge in [0.05, 0.1) is 31.4 Å². The van der Waals surface area contributed by atoms with E-state index in [4.69, 9.17) is 25.8 Å². The second-order valence-electron chi connectivity index (χ2n) is 8.39. The van der Waals surface area contributed by atoms with Gasteiger partial charge in [-0.25, -0.2) is 4.79 Å². The highest BCUT2D eigenvalue weighted by Crippen LogP contribution is 2.49. The number of dihydropyridines is 1. The van der Waals surface area contributed by atoms with Crippen molar-refractivity contribution < 1.29 is 23.8 Å². The number of rotatable bonds is 5. The summed E-state index contributed by atoms with van der Waals surface area (Å²) in [6.07, 6.45) is 1.11. The van der Waals surface area contributed by atoms with Crippen LogP contribution in [0.2, 0.25) is 5.02 Å². The second kappa shape index (κ2) is 8.34. The average Bonchev–Trinajstić information content (AvgIpc) is 2.65. The first kappa shape index (κ1) is 22.2. The number of benzene rings is 1. The molecule has 1 atom stereocenters. The molecule has 1 N–H and O–H groups in total. The van der Waals surface area contributed by atoms with Gasteiger partial charge in [-0.1, -0.05) is 25.4 Å². The molecule has 0 fully saturated rings. The number of carbonyl (C=O) groups is 2. The van der Waals surface area contributed by atoms with Crippen LogP contribution in [0.15, 0.2) is 34.7 Å². The van der Waals surface area contributed by atoms with E-state index in [2.05, 4.69) is 19.2 Å². The Kier molecular flexibility index (Phi) is 6.18. The van der Waals surface area contributed by atoms with Crippen molar-refractivity contribution in [1.82, 2.24) is 5.32 Å². The maximum atomic E-state index is 13.3. The highest BCUT2D eigenvalue weighted by atomic mass is 35.5. The molecule has 0 bridgehead atoms. The monoisotopic (exact) mass is 433 g/mol. The third-order valence-electron chi connectivity index (χ3n) is 5.52. The van der Waals surface area contributed by atoms with Gasteiger partial charge in [0.15, 0.2) is 17.3 Å². The lowest BCUT2D eigenvalue weighted by atomic mass is 9.68. The van der Waals surface area contributed by atoms with Crippen molar-refractivity contribution in [2.24, 2.45) is 5.41 Å². The predicted octanol–water partition coefficient (Wildman–Crippen LogP) is 4.52. The zero-order valence-corrected chi connectivity index (χ0v) is 19.0. The van der Waals surface area contributed by atoms with Crippen LogP contribution in [-0.2, 0) is 14.3 Å². The number of nitrogens with one attached hydrogen (secondary N) is 1. The van der Waals surface area contributed by atoms with Gasteiger partial charge in [-0.05, 0) is 43.4 Å². The van der Waals surface area contributed by atoms with Crippen molar-refractivity contribution in [3.05, 3.63) is 45.3 Å². The van der Waals surface area contributed by atoms with E-state index in [9.17, 15) is 9.59 Å². The predicted molar refractivity (Wildman–Crippen MR) is 115 cm³/mol. The summed E-state index contributed by atoms with van der Waals surface area (Å²) in [7, 11) is 3.03. The van der Waals surface area contributed by atoms with Crippen molar-refractivity contribution in [2.75, 3.05) is 20.8 Å². The molecule has 7 heteroatoms. The van der Waals surface area contributed by atoms with E-state index in [-0.39, 0.29) is 17.8 Å². The Balaban J connectivity index is 2.25. The van der Waals surface area contributed by atoms with E-state index in [0.717, 1.165) is 5.70 Å². The number of methoxy groups -OCH3 is 2. The SMILES string of the molecule is CCOC(=O)C1=C(C)NC2=C(C(=O)CC(C)(C)C2)C1c1cc(Cl)c(OC)c(OC)c1. The van der Waals surface area contributed by atoms with Crippen LogP contribution in [0.1, 0.15) is 52.0 Å². The van der Waals surface area contributed by atoms with Crippen LogP contribution < -0.4 is 14.8 Å². The summed E-state index contributed by atoms with van der Waals surface area (Å²) >= 11 is 6.46. The second-order valence-corrected chi connectivity index (χ2v) is 8.80. The Morgan fingerprint density at radius 2 is 1.93 bits per heavy atom. The van der Waals surface area contributed by atoms with Gasteiger partial charge in [-0.15, -0.1) is 0 Å². The lowest BCUT2D eigenvalue weighted by molar-refractivity contribution is -0.138.